The lowest BCUT2D eigenvalue weighted by Crippen LogP contribution is -2.40. The van der Waals surface area contributed by atoms with Gasteiger partial charge in [0.2, 0.25) is 10.0 Å². The van der Waals surface area contributed by atoms with Crippen molar-refractivity contribution in [3.63, 3.8) is 0 Å². The number of thiazole rings is 1. The SMILES string of the molecule is CSCCn1c(=NC(=O)[C@H]2CCCN2S(C)(=O)=O)sc2ccccc21. The van der Waals surface area contributed by atoms with Gasteiger partial charge in [-0.3, -0.25) is 4.79 Å². The molecule has 0 N–H and O–H groups in total. The second-order valence-electron chi connectivity index (χ2n) is 5.98. The zero-order chi connectivity index (χ0) is 18.0. The molecule has 1 saturated heterocycles. The first kappa shape index (κ1) is 18.6. The minimum atomic E-state index is -3.39. The minimum Gasteiger partial charge on any atom is -0.316 e. The molecule has 0 radical (unpaired) electrons. The number of nitrogens with zero attached hydrogens (tertiary/aromatic N) is 3. The molecule has 1 atom stereocenters. The van der Waals surface area contributed by atoms with Crippen molar-refractivity contribution < 1.29 is 13.2 Å². The van der Waals surface area contributed by atoms with Gasteiger partial charge in [-0.05, 0) is 31.2 Å². The Hall–Kier alpha value is -1.16. The Kier molecular flexibility index (Phi) is 5.67. The van der Waals surface area contributed by atoms with Crippen molar-refractivity contribution in [1.29, 1.82) is 0 Å². The fraction of sp³-hybridized carbons (Fsp3) is 0.500. The lowest BCUT2D eigenvalue weighted by molar-refractivity contribution is -0.121. The molecule has 25 heavy (non-hydrogen) atoms. The summed E-state index contributed by atoms with van der Waals surface area (Å²) in [6.45, 7) is 1.15. The van der Waals surface area contributed by atoms with Crippen molar-refractivity contribution in [2.24, 2.45) is 4.99 Å². The van der Waals surface area contributed by atoms with E-state index in [0.29, 0.717) is 24.2 Å². The van der Waals surface area contributed by atoms with Crippen LogP contribution in [0.5, 0.6) is 0 Å². The number of amides is 1. The lowest BCUT2D eigenvalue weighted by Gasteiger charge is -2.18. The summed E-state index contributed by atoms with van der Waals surface area (Å²) >= 11 is 3.20. The van der Waals surface area contributed by atoms with E-state index < -0.39 is 16.1 Å². The third kappa shape index (κ3) is 3.99. The minimum absolute atomic E-state index is 0.368. The van der Waals surface area contributed by atoms with E-state index in [2.05, 4.69) is 4.99 Å². The molecule has 2 heterocycles. The number of carbonyl (C=O) groups excluding carboxylic acids is 1. The van der Waals surface area contributed by atoms with Gasteiger partial charge in [0.25, 0.3) is 5.91 Å². The Labute approximate surface area is 155 Å². The smallest absolute Gasteiger partial charge is 0.266 e. The summed E-state index contributed by atoms with van der Waals surface area (Å²) in [5.74, 6) is 0.549. The van der Waals surface area contributed by atoms with E-state index in [1.54, 1.807) is 11.8 Å². The average Bonchev–Trinajstić information content (AvgIpc) is 3.17. The fourth-order valence-electron chi connectivity index (χ4n) is 3.06. The van der Waals surface area contributed by atoms with Gasteiger partial charge in [0, 0.05) is 18.8 Å². The van der Waals surface area contributed by atoms with E-state index in [0.717, 1.165) is 28.8 Å². The third-order valence-electron chi connectivity index (χ3n) is 4.23. The fourth-order valence-corrected chi connectivity index (χ4v) is 5.60. The molecule has 1 aromatic heterocycles. The zero-order valence-corrected chi connectivity index (χ0v) is 16.7. The van der Waals surface area contributed by atoms with Crippen LogP contribution in [0.15, 0.2) is 29.3 Å². The molecule has 0 saturated carbocycles. The lowest BCUT2D eigenvalue weighted by atomic mass is 10.2. The number of fused-ring (bicyclic) bond motifs is 1. The molecule has 0 spiro atoms. The highest BCUT2D eigenvalue weighted by molar-refractivity contribution is 7.98. The second kappa shape index (κ2) is 7.61. The normalized spacial score (nSPS) is 19.8. The Bertz CT molecular complexity index is 946. The largest absolute Gasteiger partial charge is 0.316 e. The zero-order valence-electron chi connectivity index (χ0n) is 14.2. The molecule has 9 heteroatoms. The quantitative estimate of drug-likeness (QED) is 0.770. The van der Waals surface area contributed by atoms with Crippen LogP contribution in [-0.2, 0) is 21.4 Å². The molecule has 0 unspecified atom stereocenters. The predicted molar refractivity (Wildman–Crippen MR) is 103 cm³/mol. The first-order valence-electron chi connectivity index (χ1n) is 8.04. The van der Waals surface area contributed by atoms with Crippen LogP contribution in [0.1, 0.15) is 12.8 Å². The van der Waals surface area contributed by atoms with Gasteiger partial charge in [0.1, 0.15) is 6.04 Å². The van der Waals surface area contributed by atoms with E-state index in [9.17, 15) is 13.2 Å². The number of carbonyl (C=O) groups is 1. The first-order valence-corrected chi connectivity index (χ1v) is 12.1. The molecule has 6 nitrogen and oxygen atoms in total. The predicted octanol–water partition coefficient (Wildman–Crippen LogP) is 1.92. The van der Waals surface area contributed by atoms with Crippen LogP contribution in [0.4, 0.5) is 0 Å². The topological polar surface area (TPSA) is 71.7 Å². The summed E-state index contributed by atoms with van der Waals surface area (Å²) in [7, 11) is -3.39. The van der Waals surface area contributed by atoms with E-state index in [1.807, 2.05) is 35.1 Å². The third-order valence-corrected chi connectivity index (χ3v) is 7.17. The van der Waals surface area contributed by atoms with Crippen molar-refractivity contribution in [2.45, 2.75) is 25.4 Å². The Morgan fingerprint density at radius 3 is 2.88 bits per heavy atom. The summed E-state index contributed by atoms with van der Waals surface area (Å²) in [6.07, 6.45) is 4.42. The molecular weight excluding hydrogens is 378 g/mol. The van der Waals surface area contributed by atoms with Crippen LogP contribution < -0.4 is 4.80 Å². The molecule has 1 fully saturated rings. The molecule has 1 aliphatic heterocycles. The maximum Gasteiger partial charge on any atom is 0.266 e. The number of para-hydroxylation sites is 1. The number of sulfonamides is 1. The summed E-state index contributed by atoms with van der Waals surface area (Å²) in [6, 6.07) is 7.30. The van der Waals surface area contributed by atoms with Crippen LogP contribution in [-0.4, -0.2) is 54.0 Å². The van der Waals surface area contributed by atoms with Gasteiger partial charge >= 0.3 is 0 Å². The number of hydrogen-bond acceptors (Lipinski definition) is 5. The van der Waals surface area contributed by atoms with Gasteiger partial charge in [-0.1, -0.05) is 23.5 Å². The molecule has 0 bridgehead atoms. The van der Waals surface area contributed by atoms with Crippen molar-refractivity contribution in [3.05, 3.63) is 29.1 Å². The number of hydrogen-bond donors (Lipinski definition) is 0. The standard InChI is InChI=1S/C16H21N3O3S3/c1-23-11-10-18-12-6-3-4-8-14(12)24-16(18)17-15(20)13-7-5-9-19(13)25(2,21)22/h3-4,6,8,13H,5,7,9-11H2,1-2H3/t13-/m1/s1. The van der Waals surface area contributed by atoms with Crippen LogP contribution >= 0.6 is 23.1 Å². The van der Waals surface area contributed by atoms with Crippen LogP contribution in [0.25, 0.3) is 10.2 Å². The molecule has 3 rings (SSSR count). The van der Waals surface area contributed by atoms with E-state index >= 15 is 0 Å². The number of benzene rings is 1. The Balaban J connectivity index is 2.01. The van der Waals surface area contributed by atoms with E-state index in [4.69, 9.17) is 0 Å². The van der Waals surface area contributed by atoms with Crippen LogP contribution in [0.3, 0.4) is 0 Å². The van der Waals surface area contributed by atoms with Crippen LogP contribution in [0.2, 0.25) is 0 Å². The van der Waals surface area contributed by atoms with Gasteiger partial charge < -0.3 is 4.57 Å². The summed E-state index contributed by atoms with van der Waals surface area (Å²) in [4.78, 5) is 17.7. The number of aromatic nitrogens is 1. The highest BCUT2D eigenvalue weighted by Gasteiger charge is 2.36. The summed E-state index contributed by atoms with van der Waals surface area (Å²) < 4.78 is 28.2. The van der Waals surface area contributed by atoms with Crippen molar-refractivity contribution in [2.75, 3.05) is 24.8 Å². The molecule has 0 aliphatic carbocycles. The molecule has 1 aromatic carbocycles. The number of rotatable bonds is 5. The van der Waals surface area contributed by atoms with E-state index in [1.165, 1.54) is 15.6 Å². The van der Waals surface area contributed by atoms with Crippen molar-refractivity contribution in [1.82, 2.24) is 8.87 Å². The molecule has 1 amide bonds. The van der Waals surface area contributed by atoms with E-state index in [-0.39, 0.29) is 5.91 Å². The molecule has 1 aliphatic rings. The number of thioether (sulfide) groups is 1. The monoisotopic (exact) mass is 399 g/mol. The number of aryl methyl sites for hydroxylation is 1. The Morgan fingerprint density at radius 2 is 2.16 bits per heavy atom. The molecule has 136 valence electrons. The molecular formula is C16H21N3O3S3. The maximum atomic E-state index is 12.7. The van der Waals surface area contributed by atoms with Gasteiger partial charge in [-0.15, -0.1) is 0 Å². The highest BCUT2D eigenvalue weighted by Crippen LogP contribution is 2.22. The van der Waals surface area contributed by atoms with Gasteiger partial charge in [-0.2, -0.15) is 21.1 Å². The van der Waals surface area contributed by atoms with Gasteiger partial charge in [0.15, 0.2) is 4.80 Å². The van der Waals surface area contributed by atoms with Gasteiger partial charge in [0.05, 0.1) is 16.5 Å². The Morgan fingerprint density at radius 1 is 1.40 bits per heavy atom. The second-order valence-corrected chi connectivity index (χ2v) is 9.91. The van der Waals surface area contributed by atoms with Crippen molar-refractivity contribution >= 4 is 49.2 Å². The first-order chi connectivity index (χ1) is 11.9. The van der Waals surface area contributed by atoms with Crippen molar-refractivity contribution in [3.8, 4) is 0 Å². The average molecular weight is 400 g/mol. The maximum absolute atomic E-state index is 12.7. The van der Waals surface area contributed by atoms with Gasteiger partial charge in [-0.25, -0.2) is 8.42 Å². The summed E-state index contributed by atoms with van der Waals surface area (Å²) in [5, 5.41) is 0. The highest BCUT2D eigenvalue weighted by atomic mass is 32.2. The van der Waals surface area contributed by atoms with Crippen LogP contribution in [0, 0.1) is 0 Å². The molecule has 2 aromatic rings. The summed E-state index contributed by atoms with van der Waals surface area (Å²) in [5.41, 5.74) is 1.06.